The monoisotopic (exact) mass is 437 g/mol. The van der Waals surface area contributed by atoms with Crippen molar-refractivity contribution in [2.75, 3.05) is 6.61 Å². The summed E-state index contributed by atoms with van der Waals surface area (Å²) in [6.07, 6.45) is 3.12. The zero-order valence-electron chi connectivity index (χ0n) is 18.1. The summed E-state index contributed by atoms with van der Waals surface area (Å²) in [5.74, 6) is -1.61. The molecule has 0 aliphatic heterocycles. The van der Waals surface area contributed by atoms with Gasteiger partial charge < -0.3 is 9.84 Å². The Kier molecular flexibility index (Phi) is 8.08. The quantitative estimate of drug-likeness (QED) is 0.339. The second kappa shape index (κ2) is 11.2. The average molecular weight is 437 g/mol. The fourth-order valence-corrected chi connectivity index (χ4v) is 3.38. The lowest BCUT2D eigenvalue weighted by Gasteiger charge is -2.12. The highest BCUT2D eigenvalue weighted by Gasteiger charge is 2.22. The van der Waals surface area contributed by atoms with Gasteiger partial charge in [0.1, 0.15) is 11.3 Å². The number of aryl methyl sites for hydroxylation is 1. The highest BCUT2D eigenvalue weighted by molar-refractivity contribution is 5.98. The lowest BCUT2D eigenvalue weighted by Crippen LogP contribution is -2.27. The summed E-state index contributed by atoms with van der Waals surface area (Å²) in [6, 6.07) is 13.6. The SMILES string of the molecule is CCCCCOc1ccc(C(=O)CC(CCn2nnc3ccccc3c2=O)C(=O)O)cc1. The Morgan fingerprint density at radius 3 is 2.56 bits per heavy atom. The standard InChI is InChI=1S/C24H27N3O5/c1-2-3-6-15-32-19-11-9-17(10-12-19)22(28)16-18(24(30)31)13-14-27-23(29)20-7-4-5-8-21(20)25-26-27/h4-5,7-12,18H,2-3,6,13-16H2,1H3,(H,30,31). The van der Waals surface area contributed by atoms with E-state index in [0.717, 1.165) is 23.9 Å². The van der Waals surface area contributed by atoms with Crippen molar-refractivity contribution in [2.24, 2.45) is 5.92 Å². The van der Waals surface area contributed by atoms with Crippen LogP contribution in [0.1, 0.15) is 49.4 Å². The zero-order chi connectivity index (χ0) is 22.9. The Labute approximate surface area is 185 Å². The molecule has 0 fully saturated rings. The lowest BCUT2D eigenvalue weighted by atomic mass is 9.95. The van der Waals surface area contributed by atoms with Crippen LogP contribution >= 0.6 is 0 Å². The number of hydrogen-bond acceptors (Lipinski definition) is 6. The van der Waals surface area contributed by atoms with Gasteiger partial charge in [0.25, 0.3) is 5.56 Å². The molecule has 8 heteroatoms. The van der Waals surface area contributed by atoms with Crippen molar-refractivity contribution in [2.45, 2.75) is 45.6 Å². The first-order chi connectivity index (χ1) is 15.5. The highest BCUT2D eigenvalue weighted by atomic mass is 16.5. The number of carboxylic acids is 1. The first-order valence-electron chi connectivity index (χ1n) is 10.8. The number of carbonyl (C=O) groups is 2. The van der Waals surface area contributed by atoms with E-state index in [9.17, 15) is 19.5 Å². The second-order valence-corrected chi connectivity index (χ2v) is 7.67. The van der Waals surface area contributed by atoms with Gasteiger partial charge >= 0.3 is 5.97 Å². The van der Waals surface area contributed by atoms with Crippen LogP contribution in [0.25, 0.3) is 10.9 Å². The van der Waals surface area contributed by atoms with E-state index in [2.05, 4.69) is 17.2 Å². The van der Waals surface area contributed by atoms with Gasteiger partial charge in [0, 0.05) is 18.5 Å². The summed E-state index contributed by atoms with van der Waals surface area (Å²) in [4.78, 5) is 36.9. The third kappa shape index (κ3) is 6.00. The maximum atomic E-state index is 12.6. The Hall–Kier alpha value is -3.55. The summed E-state index contributed by atoms with van der Waals surface area (Å²) in [5, 5.41) is 17.9. The molecule has 168 valence electrons. The molecule has 1 heterocycles. The number of carbonyl (C=O) groups excluding carboxylic acids is 1. The number of aliphatic carboxylic acids is 1. The van der Waals surface area contributed by atoms with Crippen LogP contribution in [-0.2, 0) is 11.3 Å². The van der Waals surface area contributed by atoms with E-state index in [0.29, 0.717) is 28.8 Å². The largest absolute Gasteiger partial charge is 0.494 e. The van der Waals surface area contributed by atoms with E-state index in [-0.39, 0.29) is 30.7 Å². The number of unbranched alkanes of at least 4 members (excludes halogenated alkanes) is 2. The normalized spacial score (nSPS) is 11.9. The van der Waals surface area contributed by atoms with Gasteiger partial charge in [-0.1, -0.05) is 37.1 Å². The smallest absolute Gasteiger partial charge is 0.307 e. The van der Waals surface area contributed by atoms with E-state index in [1.807, 2.05) is 0 Å². The van der Waals surface area contributed by atoms with Crippen LogP contribution in [0.4, 0.5) is 0 Å². The molecule has 0 aliphatic carbocycles. The predicted octanol–water partition coefficient (Wildman–Crippen LogP) is 3.72. The third-order valence-corrected chi connectivity index (χ3v) is 5.29. The molecule has 3 aromatic rings. The molecular formula is C24H27N3O5. The van der Waals surface area contributed by atoms with Crippen molar-refractivity contribution < 1.29 is 19.4 Å². The molecule has 0 saturated heterocycles. The van der Waals surface area contributed by atoms with E-state index < -0.39 is 11.9 Å². The molecule has 1 aromatic heterocycles. The predicted molar refractivity (Wildman–Crippen MR) is 120 cm³/mol. The number of benzene rings is 2. The number of ether oxygens (including phenoxy) is 1. The molecule has 0 radical (unpaired) electrons. The molecule has 8 nitrogen and oxygen atoms in total. The molecule has 0 spiro atoms. The number of Topliss-reactive ketones (excluding diaryl/α,β-unsaturated/α-hetero) is 1. The molecule has 1 N–H and O–H groups in total. The van der Waals surface area contributed by atoms with Crippen molar-refractivity contribution in [3.63, 3.8) is 0 Å². The molecular weight excluding hydrogens is 410 g/mol. The van der Waals surface area contributed by atoms with Crippen LogP contribution in [0, 0.1) is 5.92 Å². The van der Waals surface area contributed by atoms with Gasteiger partial charge in [-0.15, -0.1) is 5.10 Å². The Balaban J connectivity index is 1.60. The summed E-state index contributed by atoms with van der Waals surface area (Å²) in [6.45, 7) is 2.81. The molecule has 1 atom stereocenters. The van der Waals surface area contributed by atoms with Crippen molar-refractivity contribution in [3.8, 4) is 5.75 Å². The molecule has 0 aliphatic rings. The van der Waals surface area contributed by atoms with Crippen molar-refractivity contribution in [1.82, 2.24) is 15.0 Å². The summed E-state index contributed by atoms with van der Waals surface area (Å²) in [7, 11) is 0. The molecule has 0 bridgehead atoms. The van der Waals surface area contributed by atoms with Gasteiger partial charge in [-0.25, -0.2) is 4.68 Å². The van der Waals surface area contributed by atoms with E-state index in [1.165, 1.54) is 0 Å². The number of fused-ring (bicyclic) bond motifs is 1. The Morgan fingerprint density at radius 1 is 1.09 bits per heavy atom. The Bertz CT molecular complexity index is 1120. The minimum absolute atomic E-state index is 0.0610. The molecule has 1 unspecified atom stereocenters. The van der Waals surface area contributed by atoms with E-state index in [1.54, 1.807) is 48.5 Å². The van der Waals surface area contributed by atoms with Gasteiger partial charge in [0.05, 0.1) is 17.9 Å². The zero-order valence-corrected chi connectivity index (χ0v) is 18.1. The van der Waals surface area contributed by atoms with Gasteiger partial charge in [0.2, 0.25) is 0 Å². The number of rotatable bonds is 12. The minimum atomic E-state index is -1.09. The van der Waals surface area contributed by atoms with Crippen LogP contribution in [0.2, 0.25) is 0 Å². The average Bonchev–Trinajstić information content (AvgIpc) is 2.81. The Morgan fingerprint density at radius 2 is 1.84 bits per heavy atom. The number of carboxylic acid groups (broad SMARTS) is 1. The molecule has 0 saturated carbocycles. The molecule has 2 aromatic carbocycles. The number of hydrogen-bond donors (Lipinski definition) is 1. The second-order valence-electron chi connectivity index (χ2n) is 7.67. The van der Waals surface area contributed by atoms with Crippen LogP contribution < -0.4 is 10.3 Å². The fourth-order valence-electron chi connectivity index (χ4n) is 3.38. The fraction of sp³-hybridized carbons (Fsp3) is 0.375. The van der Waals surface area contributed by atoms with Crippen molar-refractivity contribution in [1.29, 1.82) is 0 Å². The topological polar surface area (TPSA) is 111 Å². The van der Waals surface area contributed by atoms with Gasteiger partial charge in [-0.2, -0.15) is 0 Å². The minimum Gasteiger partial charge on any atom is -0.494 e. The number of aromatic nitrogens is 3. The molecule has 0 amide bonds. The molecule has 3 rings (SSSR count). The summed E-state index contributed by atoms with van der Waals surface area (Å²) in [5.41, 5.74) is 0.580. The lowest BCUT2D eigenvalue weighted by molar-refractivity contribution is -0.142. The summed E-state index contributed by atoms with van der Waals surface area (Å²) >= 11 is 0. The first kappa shape index (κ1) is 23.1. The van der Waals surface area contributed by atoms with Crippen LogP contribution in [-0.4, -0.2) is 38.5 Å². The maximum Gasteiger partial charge on any atom is 0.307 e. The van der Waals surface area contributed by atoms with Crippen LogP contribution in [0.15, 0.2) is 53.3 Å². The molecule has 32 heavy (non-hydrogen) atoms. The van der Waals surface area contributed by atoms with E-state index in [4.69, 9.17) is 4.74 Å². The number of ketones is 1. The number of nitrogens with zero attached hydrogens (tertiary/aromatic N) is 3. The van der Waals surface area contributed by atoms with Crippen molar-refractivity contribution >= 4 is 22.7 Å². The van der Waals surface area contributed by atoms with Gasteiger partial charge in [-0.3, -0.25) is 14.4 Å². The van der Waals surface area contributed by atoms with Crippen LogP contribution in [0.5, 0.6) is 5.75 Å². The first-order valence-corrected chi connectivity index (χ1v) is 10.8. The summed E-state index contributed by atoms with van der Waals surface area (Å²) < 4.78 is 6.79. The van der Waals surface area contributed by atoms with Gasteiger partial charge in [-0.05, 0) is 49.2 Å². The van der Waals surface area contributed by atoms with Crippen molar-refractivity contribution in [3.05, 3.63) is 64.4 Å². The highest BCUT2D eigenvalue weighted by Crippen LogP contribution is 2.18. The van der Waals surface area contributed by atoms with Crippen LogP contribution in [0.3, 0.4) is 0 Å². The third-order valence-electron chi connectivity index (χ3n) is 5.29. The maximum absolute atomic E-state index is 12.6. The van der Waals surface area contributed by atoms with E-state index >= 15 is 0 Å². The van der Waals surface area contributed by atoms with Gasteiger partial charge in [0.15, 0.2) is 5.78 Å².